The average molecular weight is 271 g/mol. The molecule has 1 rings (SSSR count). The van der Waals surface area contributed by atoms with Gasteiger partial charge in [0.05, 0.1) is 5.56 Å². The summed E-state index contributed by atoms with van der Waals surface area (Å²) in [6, 6.07) is 2.31. The molecule has 0 spiro atoms. The van der Waals surface area contributed by atoms with Gasteiger partial charge in [-0.3, -0.25) is 4.79 Å². The van der Waals surface area contributed by atoms with Crippen LogP contribution in [-0.4, -0.2) is 23.0 Å². The molecule has 0 bridgehead atoms. The van der Waals surface area contributed by atoms with E-state index in [2.05, 4.69) is 10.5 Å². The van der Waals surface area contributed by atoms with Crippen molar-refractivity contribution in [1.82, 2.24) is 5.32 Å². The minimum Gasteiger partial charge on any atom is -0.409 e. The molecule has 4 N–H and O–H groups in total. The van der Waals surface area contributed by atoms with Crippen molar-refractivity contribution in [1.29, 1.82) is 0 Å². The molecule has 0 heterocycles. The lowest BCUT2D eigenvalue weighted by Crippen LogP contribution is -2.37. The molecule has 1 aromatic carbocycles. The summed E-state index contributed by atoms with van der Waals surface area (Å²) in [6.45, 7) is 1.79. The van der Waals surface area contributed by atoms with Crippen LogP contribution in [0.5, 0.6) is 0 Å². The van der Waals surface area contributed by atoms with Crippen LogP contribution in [0.2, 0.25) is 0 Å². The molecule has 1 aromatic rings. The van der Waals surface area contributed by atoms with Gasteiger partial charge in [-0.25, -0.2) is 8.78 Å². The smallest absolute Gasteiger partial charge is 0.254 e. The van der Waals surface area contributed by atoms with E-state index in [4.69, 9.17) is 10.9 Å². The Morgan fingerprint density at radius 3 is 2.74 bits per heavy atom. The Bertz CT molecular complexity index is 492. The molecule has 5 nitrogen and oxygen atoms in total. The van der Waals surface area contributed by atoms with Crippen LogP contribution in [0, 0.1) is 11.6 Å². The van der Waals surface area contributed by atoms with Crippen molar-refractivity contribution in [3.05, 3.63) is 35.4 Å². The fourth-order valence-electron chi connectivity index (χ4n) is 1.53. The zero-order chi connectivity index (χ0) is 14.4. The summed E-state index contributed by atoms with van der Waals surface area (Å²) in [4.78, 5) is 11.8. The van der Waals surface area contributed by atoms with Crippen LogP contribution in [0.3, 0.4) is 0 Å². The molecule has 0 saturated heterocycles. The molecule has 0 saturated carbocycles. The summed E-state index contributed by atoms with van der Waals surface area (Å²) >= 11 is 0. The zero-order valence-corrected chi connectivity index (χ0v) is 10.4. The average Bonchev–Trinajstić information content (AvgIpc) is 2.37. The van der Waals surface area contributed by atoms with Crippen molar-refractivity contribution in [3.63, 3.8) is 0 Å². The Morgan fingerprint density at radius 1 is 1.53 bits per heavy atom. The highest BCUT2D eigenvalue weighted by molar-refractivity contribution is 5.95. The van der Waals surface area contributed by atoms with E-state index in [-0.39, 0.29) is 17.8 Å². The molecule has 1 unspecified atom stereocenters. The fraction of sp³-hybridized carbons (Fsp3) is 0.333. The maximum Gasteiger partial charge on any atom is 0.254 e. The number of carbonyl (C=O) groups excluding carboxylic acids is 1. The second-order valence-electron chi connectivity index (χ2n) is 4.00. The first-order chi connectivity index (χ1) is 8.97. The van der Waals surface area contributed by atoms with E-state index in [0.717, 1.165) is 12.1 Å². The number of halogens is 2. The number of nitrogens with zero attached hydrogens (tertiary/aromatic N) is 1. The third kappa shape index (κ3) is 4.20. The van der Waals surface area contributed by atoms with E-state index in [1.165, 1.54) is 0 Å². The quantitative estimate of drug-likeness (QED) is 0.329. The standard InChI is InChI=1S/C12H15F2N3O2/c1-2-8(6-11(15)17-19)16-12(18)9-4-3-7(13)5-10(9)14/h3-5,8,19H,2,6H2,1H3,(H2,15,17)(H,16,18). The number of hydrogen-bond acceptors (Lipinski definition) is 3. The summed E-state index contributed by atoms with van der Waals surface area (Å²) in [5.74, 6) is -2.39. The first kappa shape index (κ1) is 14.9. The largest absolute Gasteiger partial charge is 0.409 e. The Kier molecular flexibility index (Phi) is 5.23. The van der Waals surface area contributed by atoms with Gasteiger partial charge in [-0.05, 0) is 18.6 Å². The predicted molar refractivity (Wildman–Crippen MR) is 65.9 cm³/mol. The molecular weight excluding hydrogens is 256 g/mol. The topological polar surface area (TPSA) is 87.7 Å². The van der Waals surface area contributed by atoms with Crippen LogP contribution in [0.4, 0.5) is 8.78 Å². The third-order valence-electron chi connectivity index (χ3n) is 2.59. The Hall–Kier alpha value is -2.18. The van der Waals surface area contributed by atoms with Crippen molar-refractivity contribution in [2.45, 2.75) is 25.8 Å². The number of nitrogens with one attached hydrogen (secondary N) is 1. The molecule has 104 valence electrons. The highest BCUT2D eigenvalue weighted by Gasteiger charge is 2.17. The lowest BCUT2D eigenvalue weighted by atomic mass is 10.1. The molecule has 0 aromatic heterocycles. The van der Waals surface area contributed by atoms with Crippen LogP contribution in [0.25, 0.3) is 0 Å². The van der Waals surface area contributed by atoms with Crippen LogP contribution in [-0.2, 0) is 0 Å². The highest BCUT2D eigenvalue weighted by atomic mass is 19.1. The second kappa shape index (κ2) is 6.67. The van der Waals surface area contributed by atoms with Crippen LogP contribution < -0.4 is 11.1 Å². The first-order valence-electron chi connectivity index (χ1n) is 5.70. The maximum absolute atomic E-state index is 13.4. The molecule has 0 aliphatic carbocycles. The summed E-state index contributed by atoms with van der Waals surface area (Å²) < 4.78 is 26.1. The summed E-state index contributed by atoms with van der Waals surface area (Å²) in [6.07, 6.45) is 0.659. The minimum atomic E-state index is -0.934. The summed E-state index contributed by atoms with van der Waals surface area (Å²) in [5, 5.41) is 13.8. The molecule has 1 amide bonds. The van der Waals surface area contributed by atoms with Gasteiger partial charge < -0.3 is 16.3 Å². The number of amides is 1. The summed E-state index contributed by atoms with van der Waals surface area (Å²) in [5.41, 5.74) is 5.09. The predicted octanol–water partition coefficient (Wildman–Crippen LogP) is 1.61. The molecule has 0 fully saturated rings. The third-order valence-corrected chi connectivity index (χ3v) is 2.59. The van der Waals surface area contributed by atoms with Crippen LogP contribution in [0.15, 0.2) is 23.4 Å². The molecule has 0 aliphatic heterocycles. The van der Waals surface area contributed by atoms with Crippen molar-refractivity contribution in [2.75, 3.05) is 0 Å². The zero-order valence-electron chi connectivity index (χ0n) is 10.4. The molecule has 1 atom stereocenters. The van der Waals surface area contributed by atoms with E-state index in [9.17, 15) is 13.6 Å². The number of carbonyl (C=O) groups is 1. The normalized spacial score (nSPS) is 13.1. The number of amidine groups is 1. The highest BCUT2D eigenvalue weighted by Crippen LogP contribution is 2.10. The van der Waals surface area contributed by atoms with E-state index in [0.29, 0.717) is 12.5 Å². The number of oxime groups is 1. The lowest BCUT2D eigenvalue weighted by molar-refractivity contribution is 0.0932. The van der Waals surface area contributed by atoms with Gasteiger partial charge in [-0.2, -0.15) is 0 Å². The molecule has 0 radical (unpaired) electrons. The monoisotopic (exact) mass is 271 g/mol. The van der Waals surface area contributed by atoms with E-state index >= 15 is 0 Å². The van der Waals surface area contributed by atoms with Gasteiger partial charge in [0.1, 0.15) is 17.5 Å². The van der Waals surface area contributed by atoms with Gasteiger partial charge in [0.15, 0.2) is 0 Å². The molecule has 19 heavy (non-hydrogen) atoms. The van der Waals surface area contributed by atoms with E-state index in [1.807, 2.05) is 0 Å². The van der Waals surface area contributed by atoms with Crippen molar-refractivity contribution in [3.8, 4) is 0 Å². The van der Waals surface area contributed by atoms with Crippen molar-refractivity contribution in [2.24, 2.45) is 10.9 Å². The minimum absolute atomic E-state index is 0.0354. The van der Waals surface area contributed by atoms with Gasteiger partial charge in [0.2, 0.25) is 0 Å². The molecule has 7 heteroatoms. The SMILES string of the molecule is CCC(CC(N)=NO)NC(=O)c1ccc(F)cc1F. The van der Waals surface area contributed by atoms with Crippen molar-refractivity contribution >= 4 is 11.7 Å². The second-order valence-corrected chi connectivity index (χ2v) is 4.00. The Labute approximate surface area is 109 Å². The Morgan fingerprint density at radius 2 is 2.21 bits per heavy atom. The van der Waals surface area contributed by atoms with Gasteiger partial charge in [0.25, 0.3) is 5.91 Å². The number of rotatable bonds is 5. The maximum atomic E-state index is 13.4. The van der Waals surface area contributed by atoms with Crippen LogP contribution >= 0.6 is 0 Å². The summed E-state index contributed by atoms with van der Waals surface area (Å²) in [7, 11) is 0. The fourth-order valence-corrected chi connectivity index (χ4v) is 1.53. The van der Waals surface area contributed by atoms with Gasteiger partial charge in [0, 0.05) is 18.5 Å². The number of benzene rings is 1. The number of nitrogens with two attached hydrogens (primary N) is 1. The van der Waals surface area contributed by atoms with Crippen molar-refractivity contribution < 1.29 is 18.8 Å². The van der Waals surface area contributed by atoms with Crippen LogP contribution in [0.1, 0.15) is 30.1 Å². The van der Waals surface area contributed by atoms with E-state index in [1.54, 1.807) is 6.92 Å². The Balaban J connectivity index is 2.77. The van der Waals surface area contributed by atoms with Gasteiger partial charge in [-0.15, -0.1) is 0 Å². The first-order valence-corrected chi connectivity index (χ1v) is 5.70. The van der Waals surface area contributed by atoms with Gasteiger partial charge >= 0.3 is 0 Å². The number of hydrogen-bond donors (Lipinski definition) is 3. The molecular formula is C12H15F2N3O2. The lowest BCUT2D eigenvalue weighted by Gasteiger charge is -2.16. The van der Waals surface area contributed by atoms with Gasteiger partial charge in [-0.1, -0.05) is 12.1 Å². The molecule has 0 aliphatic rings. The van der Waals surface area contributed by atoms with E-state index < -0.39 is 23.6 Å².